The first kappa shape index (κ1) is 16.0. The van der Waals surface area contributed by atoms with E-state index in [0.29, 0.717) is 6.04 Å². The van der Waals surface area contributed by atoms with Gasteiger partial charge in [0, 0.05) is 18.5 Å². The van der Waals surface area contributed by atoms with E-state index in [9.17, 15) is 0 Å². The number of hydrogen-bond acceptors (Lipinski definition) is 2. The van der Waals surface area contributed by atoms with Crippen molar-refractivity contribution in [2.75, 3.05) is 13.6 Å². The second-order valence-electron chi connectivity index (χ2n) is 5.27. The molecule has 0 aliphatic carbocycles. The van der Waals surface area contributed by atoms with Gasteiger partial charge in [0.25, 0.3) is 0 Å². The largest absolute Gasteiger partial charge is 0.356 e. The maximum absolute atomic E-state index is 4.27. The molecule has 0 aliphatic rings. The van der Waals surface area contributed by atoms with Gasteiger partial charge < -0.3 is 10.6 Å². The molecule has 0 aromatic carbocycles. The minimum absolute atomic E-state index is 0.307. The molecular weight excluding hydrogens is 254 g/mol. The Kier molecular flexibility index (Phi) is 7.56. The summed E-state index contributed by atoms with van der Waals surface area (Å²) in [5, 5.41) is 8.90. The molecule has 0 spiro atoms. The molecule has 0 saturated carbocycles. The molecule has 2 N–H and O–H groups in total. The van der Waals surface area contributed by atoms with Crippen LogP contribution in [-0.2, 0) is 0 Å². The van der Waals surface area contributed by atoms with Crippen LogP contribution in [0.2, 0.25) is 0 Å². The second kappa shape index (κ2) is 8.97. The third-order valence-corrected chi connectivity index (χ3v) is 4.10. The lowest BCUT2D eigenvalue weighted by atomic mass is 10.1. The van der Waals surface area contributed by atoms with Crippen molar-refractivity contribution in [2.24, 2.45) is 10.9 Å². The number of aliphatic imine (C=N–C) groups is 1. The number of hydrogen-bond donors (Lipinski definition) is 2. The lowest BCUT2D eigenvalue weighted by molar-refractivity contribution is 0.534. The van der Waals surface area contributed by atoms with Crippen molar-refractivity contribution in [3.05, 3.63) is 22.4 Å². The molecule has 1 rings (SSSR count). The molecule has 1 atom stereocenters. The van der Waals surface area contributed by atoms with Crippen LogP contribution in [0, 0.1) is 5.92 Å². The lowest BCUT2D eigenvalue weighted by Crippen LogP contribution is -2.38. The Morgan fingerprint density at radius 1 is 1.32 bits per heavy atom. The van der Waals surface area contributed by atoms with E-state index in [1.807, 2.05) is 7.05 Å². The molecule has 0 amide bonds. The van der Waals surface area contributed by atoms with Gasteiger partial charge in [-0.2, -0.15) is 0 Å². The van der Waals surface area contributed by atoms with Gasteiger partial charge in [-0.3, -0.25) is 4.99 Å². The van der Waals surface area contributed by atoms with E-state index in [-0.39, 0.29) is 0 Å². The fraction of sp³-hybridized carbons (Fsp3) is 0.667. The van der Waals surface area contributed by atoms with Crippen molar-refractivity contribution < 1.29 is 0 Å². The normalized spacial score (nSPS) is 13.6. The molecule has 4 heteroatoms. The number of nitrogens with zero attached hydrogens (tertiary/aromatic N) is 1. The molecule has 0 radical (unpaired) electrons. The van der Waals surface area contributed by atoms with E-state index < -0.39 is 0 Å². The summed E-state index contributed by atoms with van der Waals surface area (Å²) in [7, 11) is 1.82. The van der Waals surface area contributed by atoms with Crippen LogP contribution in [0.15, 0.2) is 22.5 Å². The average molecular weight is 281 g/mol. The number of unbranched alkanes of at least 4 members (excludes halogenated alkanes) is 1. The summed E-state index contributed by atoms with van der Waals surface area (Å²) in [5.41, 5.74) is 0. The molecule has 3 nitrogen and oxygen atoms in total. The smallest absolute Gasteiger partial charge is 0.191 e. The van der Waals surface area contributed by atoms with Crippen LogP contribution in [0.1, 0.15) is 51.0 Å². The number of guanidine groups is 1. The van der Waals surface area contributed by atoms with Gasteiger partial charge in [-0.25, -0.2) is 0 Å². The zero-order chi connectivity index (χ0) is 14.1. The molecular formula is C15H27N3S. The fourth-order valence-corrected chi connectivity index (χ4v) is 2.63. The number of rotatable bonds is 7. The van der Waals surface area contributed by atoms with E-state index in [1.54, 1.807) is 11.3 Å². The van der Waals surface area contributed by atoms with Crippen LogP contribution in [0.4, 0.5) is 0 Å². The predicted molar refractivity (Wildman–Crippen MR) is 85.9 cm³/mol. The van der Waals surface area contributed by atoms with Crippen LogP contribution in [0.3, 0.4) is 0 Å². The second-order valence-corrected chi connectivity index (χ2v) is 6.25. The maximum atomic E-state index is 4.27. The van der Waals surface area contributed by atoms with Crippen molar-refractivity contribution in [1.29, 1.82) is 0 Å². The zero-order valence-electron chi connectivity index (χ0n) is 12.6. The van der Waals surface area contributed by atoms with E-state index in [0.717, 1.165) is 18.4 Å². The predicted octanol–water partition coefficient (Wildman–Crippen LogP) is 3.80. The first-order valence-corrected chi connectivity index (χ1v) is 8.02. The van der Waals surface area contributed by atoms with E-state index in [1.165, 1.54) is 24.1 Å². The van der Waals surface area contributed by atoms with Gasteiger partial charge in [-0.1, -0.05) is 32.8 Å². The van der Waals surface area contributed by atoms with E-state index in [2.05, 4.69) is 53.9 Å². The lowest BCUT2D eigenvalue weighted by Gasteiger charge is -2.17. The van der Waals surface area contributed by atoms with Crippen molar-refractivity contribution in [3.8, 4) is 0 Å². The Morgan fingerprint density at radius 3 is 2.68 bits per heavy atom. The highest BCUT2D eigenvalue weighted by molar-refractivity contribution is 7.10. The Hall–Kier alpha value is -1.03. The Labute approximate surface area is 121 Å². The molecule has 1 unspecified atom stereocenters. The highest BCUT2D eigenvalue weighted by Crippen LogP contribution is 2.17. The molecule has 0 aliphatic heterocycles. The third-order valence-electron chi connectivity index (χ3n) is 3.05. The fourth-order valence-electron chi connectivity index (χ4n) is 1.89. The minimum atomic E-state index is 0.307. The minimum Gasteiger partial charge on any atom is -0.356 e. The summed E-state index contributed by atoms with van der Waals surface area (Å²) in [6, 6.07) is 4.54. The summed E-state index contributed by atoms with van der Waals surface area (Å²) in [4.78, 5) is 5.61. The number of thiophene rings is 1. The molecule has 1 aromatic heterocycles. The van der Waals surface area contributed by atoms with Gasteiger partial charge >= 0.3 is 0 Å². The SMILES string of the molecule is CN=C(NCCCCC(C)C)NC(C)c1cccs1. The topological polar surface area (TPSA) is 36.4 Å². The van der Waals surface area contributed by atoms with Gasteiger partial charge in [0.1, 0.15) is 0 Å². The summed E-state index contributed by atoms with van der Waals surface area (Å²) in [5.74, 6) is 1.70. The molecule has 0 bridgehead atoms. The van der Waals surface area contributed by atoms with E-state index in [4.69, 9.17) is 0 Å². The first-order valence-electron chi connectivity index (χ1n) is 7.14. The van der Waals surface area contributed by atoms with Crippen LogP contribution in [0.25, 0.3) is 0 Å². The Balaban J connectivity index is 2.23. The van der Waals surface area contributed by atoms with Crippen LogP contribution < -0.4 is 10.6 Å². The van der Waals surface area contributed by atoms with Crippen LogP contribution in [0.5, 0.6) is 0 Å². The quantitative estimate of drug-likeness (QED) is 0.453. The Bertz CT molecular complexity index is 357. The van der Waals surface area contributed by atoms with Crippen molar-refractivity contribution in [2.45, 2.75) is 46.1 Å². The molecule has 19 heavy (non-hydrogen) atoms. The molecule has 1 aromatic rings. The van der Waals surface area contributed by atoms with Gasteiger partial charge in [0.05, 0.1) is 6.04 Å². The van der Waals surface area contributed by atoms with Gasteiger partial charge in [0.2, 0.25) is 0 Å². The monoisotopic (exact) mass is 281 g/mol. The summed E-state index contributed by atoms with van der Waals surface area (Å²) in [6.07, 6.45) is 3.79. The summed E-state index contributed by atoms with van der Waals surface area (Å²) < 4.78 is 0. The highest BCUT2D eigenvalue weighted by atomic mass is 32.1. The molecule has 108 valence electrons. The molecule has 1 heterocycles. The van der Waals surface area contributed by atoms with Crippen LogP contribution >= 0.6 is 11.3 Å². The zero-order valence-corrected chi connectivity index (χ0v) is 13.4. The Morgan fingerprint density at radius 2 is 2.11 bits per heavy atom. The standard InChI is InChI=1S/C15H27N3S/c1-12(2)8-5-6-10-17-15(16-4)18-13(3)14-9-7-11-19-14/h7,9,11-13H,5-6,8,10H2,1-4H3,(H2,16,17,18). The summed E-state index contributed by atoms with van der Waals surface area (Å²) >= 11 is 1.77. The summed E-state index contributed by atoms with van der Waals surface area (Å²) in [6.45, 7) is 7.70. The maximum Gasteiger partial charge on any atom is 0.191 e. The van der Waals surface area contributed by atoms with Crippen LogP contribution in [-0.4, -0.2) is 19.6 Å². The number of nitrogens with one attached hydrogen (secondary N) is 2. The van der Waals surface area contributed by atoms with Crippen molar-refractivity contribution in [1.82, 2.24) is 10.6 Å². The third kappa shape index (κ3) is 6.62. The van der Waals surface area contributed by atoms with Gasteiger partial charge in [-0.15, -0.1) is 11.3 Å². The molecule has 0 fully saturated rings. The molecule has 0 saturated heterocycles. The highest BCUT2D eigenvalue weighted by Gasteiger charge is 2.07. The average Bonchev–Trinajstić information content (AvgIpc) is 2.90. The van der Waals surface area contributed by atoms with Crippen molar-refractivity contribution in [3.63, 3.8) is 0 Å². The van der Waals surface area contributed by atoms with Gasteiger partial charge in [-0.05, 0) is 30.7 Å². The van der Waals surface area contributed by atoms with Crippen molar-refractivity contribution >= 4 is 17.3 Å². The first-order chi connectivity index (χ1) is 9.13. The van der Waals surface area contributed by atoms with Gasteiger partial charge in [0.15, 0.2) is 5.96 Å². The van der Waals surface area contributed by atoms with E-state index >= 15 is 0 Å².